The number of rotatable bonds is 4. The van der Waals surface area contributed by atoms with Crippen LogP contribution in [0.5, 0.6) is 0 Å². The predicted molar refractivity (Wildman–Crippen MR) is 84.6 cm³/mol. The van der Waals surface area contributed by atoms with Crippen LogP contribution in [0.15, 0.2) is 42.5 Å². The molecule has 104 valence electrons. The first-order valence-corrected chi connectivity index (χ1v) is 7.21. The summed E-state index contributed by atoms with van der Waals surface area (Å²) in [6, 6.07) is 13.2. The lowest BCUT2D eigenvalue weighted by Gasteiger charge is -2.14. The molecular weight excluding hydrogens is 270 g/mol. The van der Waals surface area contributed by atoms with Gasteiger partial charge in [0.05, 0.1) is 10.6 Å². The van der Waals surface area contributed by atoms with Gasteiger partial charge in [-0.25, -0.2) is 0 Å². The average molecular weight is 288 g/mol. The van der Waals surface area contributed by atoms with Crippen molar-refractivity contribution in [2.75, 3.05) is 5.32 Å². The van der Waals surface area contributed by atoms with Crippen LogP contribution in [0.4, 0.5) is 5.69 Å². The van der Waals surface area contributed by atoms with Crippen LogP contribution in [0, 0.1) is 0 Å². The molecule has 0 aromatic heterocycles. The highest BCUT2D eigenvalue weighted by molar-refractivity contribution is 6.34. The molecule has 2 rings (SSSR count). The summed E-state index contributed by atoms with van der Waals surface area (Å²) in [6.07, 6.45) is 1.76. The predicted octanol–water partition coefficient (Wildman–Crippen LogP) is 4.72. The third-order valence-electron chi connectivity index (χ3n) is 3.36. The second kappa shape index (κ2) is 6.58. The van der Waals surface area contributed by atoms with E-state index in [2.05, 4.69) is 19.2 Å². The Morgan fingerprint density at radius 3 is 2.15 bits per heavy atom. The summed E-state index contributed by atoms with van der Waals surface area (Å²) < 4.78 is 0. The highest BCUT2D eigenvalue weighted by atomic mass is 35.5. The van der Waals surface area contributed by atoms with E-state index in [9.17, 15) is 4.79 Å². The number of aryl methyl sites for hydroxylation is 2. The van der Waals surface area contributed by atoms with Crippen molar-refractivity contribution in [2.24, 2.45) is 0 Å². The first-order chi connectivity index (χ1) is 9.67. The molecule has 0 heterocycles. The van der Waals surface area contributed by atoms with Crippen LogP contribution >= 0.6 is 11.6 Å². The van der Waals surface area contributed by atoms with E-state index in [0.29, 0.717) is 10.6 Å². The Balaban J connectivity index is 2.35. The summed E-state index contributed by atoms with van der Waals surface area (Å²) in [4.78, 5) is 12.4. The monoisotopic (exact) mass is 287 g/mol. The maximum absolute atomic E-state index is 12.4. The zero-order valence-electron chi connectivity index (χ0n) is 11.7. The van der Waals surface area contributed by atoms with Crippen LogP contribution in [-0.2, 0) is 12.8 Å². The van der Waals surface area contributed by atoms with Crippen molar-refractivity contribution in [1.82, 2.24) is 0 Å². The highest BCUT2D eigenvalue weighted by Crippen LogP contribution is 2.24. The second-order valence-corrected chi connectivity index (χ2v) is 5.00. The second-order valence-electron chi connectivity index (χ2n) is 4.59. The molecule has 1 amide bonds. The molecule has 0 saturated carbocycles. The van der Waals surface area contributed by atoms with Gasteiger partial charge in [0.2, 0.25) is 0 Å². The van der Waals surface area contributed by atoms with Crippen LogP contribution in [0.25, 0.3) is 0 Å². The molecule has 0 aliphatic rings. The van der Waals surface area contributed by atoms with E-state index in [0.717, 1.165) is 29.7 Å². The molecule has 3 heteroatoms. The first-order valence-electron chi connectivity index (χ1n) is 6.84. The van der Waals surface area contributed by atoms with E-state index in [4.69, 9.17) is 11.6 Å². The van der Waals surface area contributed by atoms with Gasteiger partial charge in [-0.1, -0.05) is 55.8 Å². The number of carbonyl (C=O) groups is 1. The minimum Gasteiger partial charge on any atom is -0.321 e. The topological polar surface area (TPSA) is 29.1 Å². The average Bonchev–Trinajstić information content (AvgIpc) is 2.47. The zero-order valence-corrected chi connectivity index (χ0v) is 12.5. The Hall–Kier alpha value is -1.80. The number of hydrogen-bond donors (Lipinski definition) is 1. The van der Waals surface area contributed by atoms with Gasteiger partial charge in [0, 0.05) is 5.69 Å². The van der Waals surface area contributed by atoms with Crippen LogP contribution in [-0.4, -0.2) is 5.91 Å². The minimum atomic E-state index is -0.161. The van der Waals surface area contributed by atoms with E-state index >= 15 is 0 Å². The third-order valence-corrected chi connectivity index (χ3v) is 3.69. The molecular formula is C17H18ClNO. The lowest BCUT2D eigenvalue weighted by molar-refractivity contribution is 0.102. The van der Waals surface area contributed by atoms with E-state index in [1.165, 1.54) is 0 Å². The molecule has 0 spiro atoms. The van der Waals surface area contributed by atoms with Gasteiger partial charge in [-0.15, -0.1) is 0 Å². The minimum absolute atomic E-state index is 0.161. The molecule has 0 bridgehead atoms. The van der Waals surface area contributed by atoms with Crippen molar-refractivity contribution in [3.63, 3.8) is 0 Å². The normalized spacial score (nSPS) is 10.3. The fourth-order valence-corrected chi connectivity index (χ4v) is 2.45. The fraction of sp³-hybridized carbons (Fsp3) is 0.235. The number of hydrogen-bond acceptors (Lipinski definition) is 1. The van der Waals surface area contributed by atoms with Gasteiger partial charge >= 0.3 is 0 Å². The van der Waals surface area contributed by atoms with E-state index in [1.807, 2.05) is 30.3 Å². The van der Waals surface area contributed by atoms with Crippen molar-refractivity contribution in [3.8, 4) is 0 Å². The van der Waals surface area contributed by atoms with E-state index < -0.39 is 0 Å². The summed E-state index contributed by atoms with van der Waals surface area (Å²) in [5.41, 5.74) is 3.71. The Bertz CT molecular complexity index is 600. The van der Waals surface area contributed by atoms with Crippen LogP contribution in [0.2, 0.25) is 5.02 Å². The molecule has 0 fully saturated rings. The van der Waals surface area contributed by atoms with Crippen molar-refractivity contribution in [1.29, 1.82) is 0 Å². The number of para-hydroxylation sites is 1. The molecule has 1 N–H and O–H groups in total. The Morgan fingerprint density at radius 1 is 1.00 bits per heavy atom. The van der Waals surface area contributed by atoms with Gasteiger partial charge in [0.1, 0.15) is 0 Å². The van der Waals surface area contributed by atoms with Gasteiger partial charge in [0.15, 0.2) is 0 Å². The number of nitrogens with one attached hydrogen (secondary N) is 1. The maximum atomic E-state index is 12.4. The molecule has 2 aromatic rings. The molecule has 0 radical (unpaired) electrons. The molecule has 2 nitrogen and oxygen atoms in total. The van der Waals surface area contributed by atoms with Crippen LogP contribution < -0.4 is 5.32 Å². The van der Waals surface area contributed by atoms with E-state index in [1.54, 1.807) is 12.1 Å². The van der Waals surface area contributed by atoms with Crippen LogP contribution in [0.1, 0.15) is 35.3 Å². The molecule has 0 atom stereocenters. The van der Waals surface area contributed by atoms with Gasteiger partial charge in [-0.2, -0.15) is 0 Å². The standard InChI is InChI=1S/C17H18ClNO/c1-3-12-8-7-9-13(4-2)16(12)19-17(20)14-10-5-6-11-15(14)18/h5-11H,3-4H2,1-2H3,(H,19,20). The molecule has 0 saturated heterocycles. The molecule has 2 aromatic carbocycles. The first kappa shape index (κ1) is 14.6. The van der Waals surface area contributed by atoms with Gasteiger partial charge < -0.3 is 5.32 Å². The zero-order chi connectivity index (χ0) is 14.5. The summed E-state index contributed by atoms with van der Waals surface area (Å²) in [5, 5.41) is 3.48. The molecule has 0 aliphatic carbocycles. The molecule has 0 unspecified atom stereocenters. The SMILES string of the molecule is CCc1cccc(CC)c1NC(=O)c1ccccc1Cl. The Morgan fingerprint density at radius 2 is 1.60 bits per heavy atom. The van der Waals surface area contributed by atoms with Crippen molar-refractivity contribution in [3.05, 3.63) is 64.2 Å². The van der Waals surface area contributed by atoms with Gasteiger partial charge in [0.25, 0.3) is 5.91 Å². The van der Waals surface area contributed by atoms with Crippen LogP contribution in [0.3, 0.4) is 0 Å². The summed E-state index contributed by atoms with van der Waals surface area (Å²) in [6.45, 7) is 4.17. The third kappa shape index (κ3) is 3.02. The highest BCUT2D eigenvalue weighted by Gasteiger charge is 2.13. The van der Waals surface area contributed by atoms with Crippen molar-refractivity contribution < 1.29 is 4.79 Å². The van der Waals surface area contributed by atoms with Crippen molar-refractivity contribution >= 4 is 23.2 Å². The van der Waals surface area contributed by atoms with Gasteiger partial charge in [-0.05, 0) is 36.1 Å². The lowest BCUT2D eigenvalue weighted by Crippen LogP contribution is -2.15. The smallest absolute Gasteiger partial charge is 0.257 e. The quantitative estimate of drug-likeness (QED) is 0.866. The fourth-order valence-electron chi connectivity index (χ4n) is 2.23. The number of anilines is 1. The summed E-state index contributed by atoms with van der Waals surface area (Å²) in [5.74, 6) is -0.161. The number of halogens is 1. The Kier molecular flexibility index (Phi) is 4.80. The largest absolute Gasteiger partial charge is 0.321 e. The maximum Gasteiger partial charge on any atom is 0.257 e. The van der Waals surface area contributed by atoms with E-state index in [-0.39, 0.29) is 5.91 Å². The van der Waals surface area contributed by atoms with Crippen molar-refractivity contribution in [2.45, 2.75) is 26.7 Å². The molecule has 0 aliphatic heterocycles. The number of carbonyl (C=O) groups excluding carboxylic acids is 1. The number of benzene rings is 2. The summed E-state index contributed by atoms with van der Waals surface area (Å²) >= 11 is 6.07. The van der Waals surface area contributed by atoms with Gasteiger partial charge in [-0.3, -0.25) is 4.79 Å². The number of amides is 1. The molecule has 20 heavy (non-hydrogen) atoms. The Labute approximate surface area is 124 Å². The summed E-state index contributed by atoms with van der Waals surface area (Å²) in [7, 11) is 0. The lowest BCUT2D eigenvalue weighted by atomic mass is 10.0.